The minimum Gasteiger partial charge on any atom is -0.463 e. The summed E-state index contributed by atoms with van der Waals surface area (Å²) in [7, 11) is 0. The summed E-state index contributed by atoms with van der Waals surface area (Å²) in [5.41, 5.74) is 1.75. The molecule has 0 amide bonds. The van der Waals surface area contributed by atoms with Crippen molar-refractivity contribution in [1.29, 1.82) is 0 Å². The maximum absolute atomic E-state index is 11.9. The second-order valence-corrected chi connectivity index (χ2v) is 8.06. The summed E-state index contributed by atoms with van der Waals surface area (Å²) in [6.45, 7) is 3.41. The Balaban J connectivity index is 1.51. The molecule has 1 aromatic carbocycles. The van der Waals surface area contributed by atoms with Crippen LogP contribution in [0.5, 0.6) is 5.88 Å². The number of hydrogen-bond donors (Lipinski definition) is 0. The van der Waals surface area contributed by atoms with Crippen LogP contribution in [-0.4, -0.2) is 77.5 Å². The number of aromatic nitrogens is 7. The van der Waals surface area contributed by atoms with Gasteiger partial charge in [-0.1, -0.05) is 17.0 Å². The van der Waals surface area contributed by atoms with E-state index in [1.165, 1.54) is 42.8 Å². The highest BCUT2D eigenvalue weighted by Gasteiger charge is 2.51. The van der Waals surface area contributed by atoms with E-state index < -0.39 is 42.4 Å². The van der Waals surface area contributed by atoms with Crippen LogP contribution in [-0.2, 0) is 33.3 Å². The van der Waals surface area contributed by atoms with Crippen molar-refractivity contribution in [2.45, 2.75) is 45.3 Å². The first-order chi connectivity index (χ1) is 17.8. The molecule has 192 valence electrons. The largest absolute Gasteiger partial charge is 0.463 e. The first kappa shape index (κ1) is 24.1. The first-order valence-electron chi connectivity index (χ1n) is 11.1. The number of nitrogens with zero attached hydrogens (tertiary/aromatic N) is 7. The Morgan fingerprint density at radius 3 is 2.49 bits per heavy atom. The van der Waals surface area contributed by atoms with Crippen LogP contribution in [0, 0.1) is 0 Å². The van der Waals surface area contributed by atoms with Crippen molar-refractivity contribution in [3.05, 3.63) is 36.9 Å². The summed E-state index contributed by atoms with van der Waals surface area (Å²) in [6, 6.07) is 7.20. The van der Waals surface area contributed by atoms with Crippen LogP contribution in [0.2, 0.25) is 0 Å². The molecule has 0 bridgehead atoms. The zero-order valence-corrected chi connectivity index (χ0v) is 19.9. The fraction of sp³-hybridized carbons (Fsp3) is 0.364. The van der Waals surface area contributed by atoms with E-state index in [9.17, 15) is 14.4 Å². The third kappa shape index (κ3) is 4.75. The molecule has 15 heteroatoms. The molecule has 1 saturated heterocycles. The number of carbonyl (C=O) groups is 3. The van der Waals surface area contributed by atoms with Gasteiger partial charge in [0.15, 0.2) is 29.6 Å². The predicted molar refractivity (Wildman–Crippen MR) is 121 cm³/mol. The van der Waals surface area contributed by atoms with Crippen LogP contribution in [0.1, 0.15) is 27.0 Å². The molecule has 5 rings (SSSR count). The molecule has 4 atom stereocenters. The number of esters is 3. The molecule has 37 heavy (non-hydrogen) atoms. The van der Waals surface area contributed by atoms with Gasteiger partial charge in [0, 0.05) is 20.8 Å². The lowest BCUT2D eigenvalue weighted by atomic mass is 10.1. The van der Waals surface area contributed by atoms with Crippen LogP contribution >= 0.6 is 0 Å². The van der Waals surface area contributed by atoms with Gasteiger partial charge in [0.1, 0.15) is 30.1 Å². The molecule has 4 unspecified atom stereocenters. The molecule has 15 nitrogen and oxygen atoms in total. The maximum Gasteiger partial charge on any atom is 0.303 e. The van der Waals surface area contributed by atoms with E-state index in [0.717, 1.165) is 0 Å². The SMILES string of the molecule is CC(=O)OCC1OC(n2cnc3c(On4nnc5ccccc54)ncnc32)C(OC(C)=O)C1OC(C)=O. The summed E-state index contributed by atoms with van der Waals surface area (Å²) in [6.07, 6.45) is -1.48. The number of ether oxygens (including phenoxy) is 4. The molecule has 0 aliphatic carbocycles. The van der Waals surface area contributed by atoms with E-state index in [0.29, 0.717) is 11.0 Å². The van der Waals surface area contributed by atoms with Crippen molar-refractivity contribution in [3.63, 3.8) is 0 Å². The number of rotatable bonds is 7. The van der Waals surface area contributed by atoms with E-state index in [1.54, 1.807) is 12.1 Å². The lowest BCUT2D eigenvalue weighted by Gasteiger charge is -2.23. The number of hydrogen-bond acceptors (Lipinski definition) is 13. The second-order valence-electron chi connectivity index (χ2n) is 8.06. The van der Waals surface area contributed by atoms with Gasteiger partial charge in [-0.3, -0.25) is 19.0 Å². The zero-order valence-electron chi connectivity index (χ0n) is 19.9. The zero-order chi connectivity index (χ0) is 26.1. The highest BCUT2D eigenvalue weighted by Crippen LogP contribution is 2.36. The Bertz CT molecular complexity index is 1480. The van der Waals surface area contributed by atoms with Gasteiger partial charge in [0.2, 0.25) is 0 Å². The summed E-state index contributed by atoms with van der Waals surface area (Å²) < 4.78 is 23.5. The van der Waals surface area contributed by atoms with Gasteiger partial charge in [-0.05, 0) is 17.3 Å². The standard InChI is InChI=1S/C22H21N7O8/c1-11(30)33-8-16-18(34-12(2)31)19(35-13(3)32)22(36-16)28-10-25-17-20(28)23-9-24-21(17)37-29-15-7-5-4-6-14(15)26-27-29/h4-7,9-10,16,18-19,22H,8H2,1-3H3. The average molecular weight is 511 g/mol. The van der Waals surface area contributed by atoms with E-state index in [4.69, 9.17) is 23.8 Å². The van der Waals surface area contributed by atoms with Crippen molar-refractivity contribution >= 4 is 40.1 Å². The summed E-state index contributed by atoms with van der Waals surface area (Å²) in [5.74, 6) is -1.74. The van der Waals surface area contributed by atoms with E-state index in [1.807, 2.05) is 12.1 Å². The third-order valence-electron chi connectivity index (χ3n) is 5.43. The van der Waals surface area contributed by atoms with Crippen molar-refractivity contribution in [3.8, 4) is 5.88 Å². The Kier molecular flexibility index (Phi) is 6.35. The van der Waals surface area contributed by atoms with Crippen LogP contribution in [0.4, 0.5) is 0 Å². The van der Waals surface area contributed by atoms with E-state index in [2.05, 4.69) is 25.3 Å². The minimum atomic E-state index is -1.10. The van der Waals surface area contributed by atoms with Crippen LogP contribution in [0.25, 0.3) is 22.2 Å². The number of benzene rings is 1. The quantitative estimate of drug-likeness (QED) is 0.251. The fourth-order valence-corrected chi connectivity index (χ4v) is 4.00. The molecule has 4 heterocycles. The molecule has 0 spiro atoms. The van der Waals surface area contributed by atoms with Crippen molar-refractivity contribution < 1.29 is 38.2 Å². The molecule has 0 radical (unpaired) electrons. The smallest absolute Gasteiger partial charge is 0.303 e. The highest BCUT2D eigenvalue weighted by atomic mass is 16.7. The van der Waals surface area contributed by atoms with Crippen LogP contribution in [0.15, 0.2) is 36.9 Å². The topological polar surface area (TPSA) is 172 Å². The van der Waals surface area contributed by atoms with Gasteiger partial charge in [-0.25, -0.2) is 9.97 Å². The molecule has 0 saturated carbocycles. The molecule has 1 aliphatic heterocycles. The lowest BCUT2D eigenvalue weighted by Crippen LogP contribution is -2.40. The van der Waals surface area contributed by atoms with Crippen LogP contribution in [0.3, 0.4) is 0 Å². The summed E-state index contributed by atoms with van der Waals surface area (Å²) in [5, 5.41) is 8.03. The molecular formula is C22H21N7O8. The molecule has 1 fully saturated rings. The third-order valence-corrected chi connectivity index (χ3v) is 5.43. The van der Waals surface area contributed by atoms with Gasteiger partial charge < -0.3 is 23.8 Å². The van der Waals surface area contributed by atoms with Crippen molar-refractivity contribution in [1.82, 2.24) is 34.7 Å². The minimum absolute atomic E-state index is 0.0782. The van der Waals surface area contributed by atoms with Crippen molar-refractivity contribution in [2.75, 3.05) is 6.61 Å². The highest BCUT2D eigenvalue weighted by molar-refractivity contribution is 5.77. The number of fused-ring (bicyclic) bond motifs is 2. The molecule has 3 aromatic heterocycles. The molecule has 0 N–H and O–H groups in total. The molecule has 4 aromatic rings. The normalized spacial score (nSPS) is 21.2. The number of para-hydroxylation sites is 1. The predicted octanol–water partition coefficient (Wildman–Crippen LogP) is 0.737. The Hall–Kier alpha value is -4.66. The molecular weight excluding hydrogens is 490 g/mol. The Labute approximate surface area is 208 Å². The van der Waals surface area contributed by atoms with Gasteiger partial charge in [-0.15, -0.1) is 5.10 Å². The maximum atomic E-state index is 11.9. The molecule has 1 aliphatic rings. The van der Waals surface area contributed by atoms with Gasteiger partial charge in [0.05, 0.1) is 6.33 Å². The van der Waals surface area contributed by atoms with E-state index in [-0.39, 0.29) is 23.7 Å². The van der Waals surface area contributed by atoms with Crippen LogP contribution < -0.4 is 4.84 Å². The summed E-state index contributed by atoms with van der Waals surface area (Å²) in [4.78, 5) is 55.0. The summed E-state index contributed by atoms with van der Waals surface area (Å²) >= 11 is 0. The van der Waals surface area contributed by atoms with Gasteiger partial charge >= 0.3 is 17.9 Å². The van der Waals surface area contributed by atoms with Gasteiger partial charge in [0.25, 0.3) is 5.88 Å². The lowest BCUT2D eigenvalue weighted by molar-refractivity contribution is -0.166. The first-order valence-corrected chi connectivity index (χ1v) is 11.1. The second kappa shape index (κ2) is 9.77. The Morgan fingerprint density at radius 1 is 0.973 bits per heavy atom. The monoisotopic (exact) mass is 511 g/mol. The average Bonchev–Trinajstić information content (AvgIpc) is 3.54. The van der Waals surface area contributed by atoms with Crippen molar-refractivity contribution in [2.24, 2.45) is 0 Å². The number of imidazole rings is 1. The fourth-order valence-electron chi connectivity index (χ4n) is 4.00. The Morgan fingerprint density at radius 2 is 1.73 bits per heavy atom. The van der Waals surface area contributed by atoms with E-state index >= 15 is 0 Å². The van der Waals surface area contributed by atoms with Gasteiger partial charge in [-0.2, -0.15) is 4.98 Å². The number of carbonyl (C=O) groups excluding carboxylic acids is 3.